The molecule has 0 aliphatic heterocycles. The lowest BCUT2D eigenvalue weighted by molar-refractivity contribution is -0.137. The fourth-order valence-corrected chi connectivity index (χ4v) is 2.13. The molecule has 7 heteroatoms. The van der Waals surface area contributed by atoms with Gasteiger partial charge in [0.2, 0.25) is 0 Å². The molecule has 3 nitrogen and oxygen atoms in total. The molecule has 2 rings (SSSR count). The second kappa shape index (κ2) is 5.88. The van der Waals surface area contributed by atoms with Crippen molar-refractivity contribution in [2.45, 2.75) is 18.6 Å². The van der Waals surface area contributed by atoms with Gasteiger partial charge < -0.3 is 5.73 Å². The lowest BCUT2D eigenvalue weighted by Crippen LogP contribution is -2.16. The first-order chi connectivity index (χ1) is 9.36. The maximum Gasteiger partial charge on any atom is 0.417 e. The summed E-state index contributed by atoms with van der Waals surface area (Å²) in [6.07, 6.45) is 0.170. The van der Waals surface area contributed by atoms with E-state index in [0.29, 0.717) is 12.1 Å². The molecular weight excluding hydrogens is 335 g/mol. The van der Waals surface area contributed by atoms with Gasteiger partial charge in [-0.05, 0) is 46.1 Å². The van der Waals surface area contributed by atoms with Crippen molar-refractivity contribution < 1.29 is 13.2 Å². The predicted octanol–water partition coefficient (Wildman–Crippen LogP) is 3.50. The average molecular weight is 346 g/mol. The Morgan fingerprint density at radius 2 is 1.95 bits per heavy atom. The zero-order chi connectivity index (χ0) is 14.8. The van der Waals surface area contributed by atoms with E-state index in [-0.39, 0.29) is 0 Å². The van der Waals surface area contributed by atoms with Crippen molar-refractivity contribution in [1.29, 1.82) is 0 Å². The topological polar surface area (TPSA) is 51.8 Å². The lowest BCUT2D eigenvalue weighted by atomic mass is 10.0. The minimum Gasteiger partial charge on any atom is -0.322 e. The van der Waals surface area contributed by atoms with Gasteiger partial charge in [0.15, 0.2) is 0 Å². The standard InChI is InChI=1S/C13H11BrF3N3/c14-10-3-8(5-19-7-10)4-11(18)12-2-1-9(6-20-12)13(15,16)17/h1-3,5-7,11H,4,18H2. The number of hydrogen-bond acceptors (Lipinski definition) is 3. The zero-order valence-corrected chi connectivity index (χ0v) is 11.8. The Morgan fingerprint density at radius 3 is 2.50 bits per heavy atom. The van der Waals surface area contributed by atoms with Crippen LogP contribution in [0.3, 0.4) is 0 Å². The molecule has 1 atom stereocenters. The Labute approximate surface area is 122 Å². The van der Waals surface area contributed by atoms with E-state index in [1.165, 1.54) is 6.07 Å². The summed E-state index contributed by atoms with van der Waals surface area (Å²) in [5, 5.41) is 0. The largest absolute Gasteiger partial charge is 0.417 e. The Morgan fingerprint density at radius 1 is 1.20 bits per heavy atom. The third kappa shape index (κ3) is 3.77. The van der Waals surface area contributed by atoms with Crippen LogP contribution in [0, 0.1) is 0 Å². The summed E-state index contributed by atoms with van der Waals surface area (Å²) in [5.41, 5.74) is 6.47. The molecule has 1 unspecified atom stereocenters. The van der Waals surface area contributed by atoms with Crippen molar-refractivity contribution in [1.82, 2.24) is 9.97 Å². The molecule has 2 aromatic heterocycles. The van der Waals surface area contributed by atoms with Gasteiger partial charge in [-0.1, -0.05) is 0 Å². The van der Waals surface area contributed by atoms with Gasteiger partial charge in [0.05, 0.1) is 17.3 Å². The molecule has 2 N–H and O–H groups in total. The molecule has 0 spiro atoms. The van der Waals surface area contributed by atoms with E-state index in [2.05, 4.69) is 25.9 Å². The normalized spacial score (nSPS) is 13.2. The van der Waals surface area contributed by atoms with E-state index >= 15 is 0 Å². The number of nitrogens with zero attached hydrogens (tertiary/aromatic N) is 2. The highest BCUT2D eigenvalue weighted by atomic mass is 79.9. The monoisotopic (exact) mass is 345 g/mol. The Hall–Kier alpha value is -1.47. The first kappa shape index (κ1) is 14.9. The van der Waals surface area contributed by atoms with Gasteiger partial charge in [-0.15, -0.1) is 0 Å². The van der Waals surface area contributed by atoms with Crippen LogP contribution in [0.4, 0.5) is 13.2 Å². The summed E-state index contributed by atoms with van der Waals surface area (Å²) in [7, 11) is 0. The van der Waals surface area contributed by atoms with Crippen LogP contribution < -0.4 is 5.73 Å². The van der Waals surface area contributed by atoms with Crippen LogP contribution in [0.25, 0.3) is 0 Å². The fourth-order valence-electron chi connectivity index (χ4n) is 1.72. The third-order valence-corrected chi connectivity index (χ3v) is 3.14. The van der Waals surface area contributed by atoms with Gasteiger partial charge in [0, 0.05) is 23.1 Å². The van der Waals surface area contributed by atoms with Crippen LogP contribution in [0.15, 0.2) is 41.3 Å². The van der Waals surface area contributed by atoms with E-state index in [1.807, 2.05) is 6.07 Å². The summed E-state index contributed by atoms with van der Waals surface area (Å²) in [4.78, 5) is 7.79. The second-order valence-corrected chi connectivity index (χ2v) is 5.21. The van der Waals surface area contributed by atoms with Crippen molar-refractivity contribution in [3.05, 3.63) is 58.1 Å². The van der Waals surface area contributed by atoms with Crippen LogP contribution in [0.1, 0.15) is 22.9 Å². The molecule has 0 aliphatic carbocycles. The molecule has 106 valence electrons. The van der Waals surface area contributed by atoms with Crippen molar-refractivity contribution in [2.75, 3.05) is 0 Å². The van der Waals surface area contributed by atoms with E-state index in [0.717, 1.165) is 22.3 Å². The Kier molecular flexibility index (Phi) is 4.39. The van der Waals surface area contributed by atoms with Gasteiger partial charge in [0.25, 0.3) is 0 Å². The van der Waals surface area contributed by atoms with Crippen LogP contribution in [0.5, 0.6) is 0 Å². The fraction of sp³-hybridized carbons (Fsp3) is 0.231. The SMILES string of the molecule is NC(Cc1cncc(Br)c1)c1ccc(C(F)(F)F)cn1. The number of aromatic nitrogens is 2. The molecular formula is C13H11BrF3N3. The summed E-state index contributed by atoms with van der Waals surface area (Å²) in [5.74, 6) is 0. The average Bonchev–Trinajstić information content (AvgIpc) is 2.38. The minimum absolute atomic E-state index is 0.415. The number of alkyl halides is 3. The first-order valence-electron chi connectivity index (χ1n) is 5.74. The summed E-state index contributed by atoms with van der Waals surface area (Å²) in [6, 6.07) is 3.67. The summed E-state index contributed by atoms with van der Waals surface area (Å²) >= 11 is 3.30. The third-order valence-electron chi connectivity index (χ3n) is 2.71. The van der Waals surface area contributed by atoms with Crippen molar-refractivity contribution in [3.8, 4) is 0 Å². The van der Waals surface area contributed by atoms with E-state index in [9.17, 15) is 13.2 Å². The van der Waals surface area contributed by atoms with Crippen LogP contribution in [0.2, 0.25) is 0 Å². The summed E-state index contributed by atoms with van der Waals surface area (Å²) < 4.78 is 38.1. The minimum atomic E-state index is -4.39. The molecule has 0 saturated heterocycles. The van der Waals surface area contributed by atoms with Gasteiger partial charge in [-0.25, -0.2) is 0 Å². The quantitative estimate of drug-likeness (QED) is 0.926. The molecule has 0 fully saturated rings. The highest BCUT2D eigenvalue weighted by molar-refractivity contribution is 9.10. The number of rotatable bonds is 3. The highest BCUT2D eigenvalue weighted by Gasteiger charge is 2.30. The Balaban J connectivity index is 2.11. The molecule has 0 bridgehead atoms. The zero-order valence-electron chi connectivity index (χ0n) is 10.2. The van der Waals surface area contributed by atoms with E-state index in [1.54, 1.807) is 12.4 Å². The van der Waals surface area contributed by atoms with Gasteiger partial charge >= 0.3 is 6.18 Å². The van der Waals surface area contributed by atoms with E-state index < -0.39 is 17.8 Å². The molecule has 2 heterocycles. The molecule has 2 aromatic rings. The van der Waals surface area contributed by atoms with Gasteiger partial charge in [-0.2, -0.15) is 13.2 Å². The second-order valence-electron chi connectivity index (χ2n) is 4.29. The maximum absolute atomic E-state index is 12.4. The Bertz CT molecular complexity index is 584. The molecule has 0 aromatic carbocycles. The van der Waals surface area contributed by atoms with Crippen LogP contribution in [-0.2, 0) is 12.6 Å². The van der Waals surface area contributed by atoms with Crippen molar-refractivity contribution in [2.24, 2.45) is 5.73 Å². The van der Waals surface area contributed by atoms with Crippen LogP contribution >= 0.6 is 15.9 Å². The number of hydrogen-bond donors (Lipinski definition) is 1. The number of pyridine rings is 2. The molecule has 0 saturated carbocycles. The summed E-state index contributed by atoms with van der Waals surface area (Å²) in [6.45, 7) is 0. The van der Waals surface area contributed by atoms with Gasteiger partial charge in [0.1, 0.15) is 0 Å². The molecule has 0 aliphatic rings. The molecule has 0 radical (unpaired) electrons. The van der Waals surface area contributed by atoms with Crippen LogP contribution in [-0.4, -0.2) is 9.97 Å². The van der Waals surface area contributed by atoms with Crippen molar-refractivity contribution >= 4 is 15.9 Å². The van der Waals surface area contributed by atoms with Gasteiger partial charge in [-0.3, -0.25) is 9.97 Å². The highest BCUT2D eigenvalue weighted by Crippen LogP contribution is 2.29. The predicted molar refractivity (Wildman–Crippen MR) is 71.8 cm³/mol. The first-order valence-corrected chi connectivity index (χ1v) is 6.54. The lowest BCUT2D eigenvalue weighted by Gasteiger charge is -2.12. The van der Waals surface area contributed by atoms with Crippen molar-refractivity contribution in [3.63, 3.8) is 0 Å². The van der Waals surface area contributed by atoms with E-state index in [4.69, 9.17) is 5.73 Å². The maximum atomic E-state index is 12.4. The smallest absolute Gasteiger partial charge is 0.322 e. The number of nitrogens with two attached hydrogens (primary N) is 1. The molecule has 20 heavy (non-hydrogen) atoms. The number of halogens is 4. The molecule has 0 amide bonds.